The Morgan fingerprint density at radius 3 is 2.12 bits per heavy atom. The molecule has 0 aromatic heterocycles. The minimum Gasteiger partial charge on any atom is -0.480 e. The third-order valence-corrected chi connectivity index (χ3v) is 7.84. The lowest BCUT2D eigenvalue weighted by atomic mass is 9.86. The second kappa shape index (κ2) is 13.0. The minimum absolute atomic E-state index is 0.0548. The summed E-state index contributed by atoms with van der Waals surface area (Å²) in [4.78, 5) is 39.6. The molecule has 3 N–H and O–H groups in total. The molecule has 3 aromatic carbocycles. The molecule has 1 heterocycles. The largest absolute Gasteiger partial charge is 0.480 e. The van der Waals surface area contributed by atoms with E-state index in [2.05, 4.69) is 51.9 Å². The van der Waals surface area contributed by atoms with Crippen LogP contribution in [0.1, 0.15) is 35.4 Å². The summed E-state index contributed by atoms with van der Waals surface area (Å²) in [7, 11) is 0. The number of ether oxygens (including phenoxy) is 2. The molecule has 2 aliphatic rings. The highest BCUT2D eigenvalue weighted by atomic mass is 16.5. The fourth-order valence-electron chi connectivity index (χ4n) is 5.74. The van der Waals surface area contributed by atoms with Crippen molar-refractivity contribution < 1.29 is 29.0 Å². The van der Waals surface area contributed by atoms with E-state index in [1.54, 1.807) is 0 Å². The van der Waals surface area contributed by atoms with Gasteiger partial charge < -0.3 is 25.2 Å². The molecule has 0 spiro atoms. The molecule has 5 rings (SSSR count). The lowest BCUT2D eigenvalue weighted by Gasteiger charge is -2.40. The number of benzene rings is 3. The van der Waals surface area contributed by atoms with E-state index in [9.17, 15) is 14.4 Å². The summed E-state index contributed by atoms with van der Waals surface area (Å²) in [5.74, 6) is -1.49. The number of nitrogens with zero attached hydrogens (tertiary/aromatic N) is 1. The molecule has 3 aromatic rings. The number of alkyl carbamates (subject to hydrolysis) is 1. The zero-order valence-electron chi connectivity index (χ0n) is 22.9. The average Bonchev–Trinajstić information content (AvgIpc) is 3.31. The Kier molecular flexibility index (Phi) is 8.96. The van der Waals surface area contributed by atoms with Crippen molar-refractivity contribution in [3.8, 4) is 11.1 Å². The number of carbonyl (C=O) groups is 3. The fraction of sp³-hybridized carbons (Fsp3) is 0.344. The highest BCUT2D eigenvalue weighted by molar-refractivity contribution is 5.90. The van der Waals surface area contributed by atoms with Crippen LogP contribution < -0.4 is 10.6 Å². The molecule has 41 heavy (non-hydrogen) atoms. The van der Waals surface area contributed by atoms with Crippen LogP contribution in [0.5, 0.6) is 0 Å². The van der Waals surface area contributed by atoms with Crippen molar-refractivity contribution in [1.82, 2.24) is 15.5 Å². The quantitative estimate of drug-likeness (QED) is 0.307. The zero-order chi connectivity index (χ0) is 28.7. The summed E-state index contributed by atoms with van der Waals surface area (Å²) in [6, 6.07) is 26.4. The lowest BCUT2D eigenvalue weighted by Crippen LogP contribution is -2.63. The van der Waals surface area contributed by atoms with Crippen molar-refractivity contribution in [2.24, 2.45) is 0 Å². The number of likely N-dealkylation sites (tertiary alicyclic amines) is 1. The third kappa shape index (κ3) is 6.75. The highest BCUT2D eigenvalue weighted by Crippen LogP contribution is 2.44. The van der Waals surface area contributed by atoms with Gasteiger partial charge in [-0.25, -0.2) is 9.59 Å². The number of carboxylic acid groups (broad SMARTS) is 1. The maximum atomic E-state index is 13.4. The van der Waals surface area contributed by atoms with Crippen LogP contribution in [0.15, 0.2) is 78.9 Å². The van der Waals surface area contributed by atoms with Crippen LogP contribution in [0.4, 0.5) is 4.79 Å². The number of hydrogen-bond acceptors (Lipinski definition) is 6. The Labute approximate surface area is 239 Å². The monoisotopic (exact) mass is 557 g/mol. The molecule has 2 amide bonds. The van der Waals surface area contributed by atoms with Gasteiger partial charge in [0, 0.05) is 32.1 Å². The van der Waals surface area contributed by atoms with Crippen LogP contribution in [-0.4, -0.2) is 73.0 Å². The van der Waals surface area contributed by atoms with E-state index in [0.717, 1.165) is 28.8 Å². The Hall–Kier alpha value is -4.21. The fourth-order valence-corrected chi connectivity index (χ4v) is 5.74. The molecule has 9 nitrogen and oxygen atoms in total. The first-order valence-corrected chi connectivity index (χ1v) is 13.9. The molecule has 0 radical (unpaired) electrons. The summed E-state index contributed by atoms with van der Waals surface area (Å²) in [5, 5.41) is 14.5. The van der Waals surface area contributed by atoms with Crippen LogP contribution in [0.25, 0.3) is 11.1 Å². The van der Waals surface area contributed by atoms with Crippen molar-refractivity contribution in [2.75, 3.05) is 39.5 Å². The number of hydrogen-bond donors (Lipinski definition) is 3. The predicted molar refractivity (Wildman–Crippen MR) is 153 cm³/mol. The van der Waals surface area contributed by atoms with Gasteiger partial charge in [0.15, 0.2) is 0 Å². The molecule has 0 unspecified atom stereocenters. The second-order valence-corrected chi connectivity index (χ2v) is 10.5. The van der Waals surface area contributed by atoms with Crippen LogP contribution in [-0.2, 0) is 25.6 Å². The predicted octanol–water partition coefficient (Wildman–Crippen LogP) is 3.78. The molecule has 1 saturated heterocycles. The number of piperidine rings is 1. The first-order chi connectivity index (χ1) is 19.9. The molecule has 0 saturated carbocycles. The molecule has 1 fully saturated rings. The van der Waals surface area contributed by atoms with Gasteiger partial charge in [0.1, 0.15) is 18.8 Å². The van der Waals surface area contributed by atoms with E-state index in [1.165, 1.54) is 5.56 Å². The summed E-state index contributed by atoms with van der Waals surface area (Å²) in [6.45, 7) is 1.89. The Bertz CT molecular complexity index is 1330. The van der Waals surface area contributed by atoms with E-state index in [4.69, 9.17) is 14.6 Å². The number of amides is 2. The molecular weight excluding hydrogens is 522 g/mol. The van der Waals surface area contributed by atoms with E-state index in [0.29, 0.717) is 25.9 Å². The van der Waals surface area contributed by atoms with Gasteiger partial charge in [-0.3, -0.25) is 9.69 Å². The molecular formula is C32H35N3O6. The van der Waals surface area contributed by atoms with Crippen LogP contribution in [0.2, 0.25) is 0 Å². The van der Waals surface area contributed by atoms with Gasteiger partial charge in [-0.2, -0.15) is 0 Å². The SMILES string of the molecule is O=C(O)COCCNC(=O)C1(NC(=O)OCC2c3ccccc3-c3ccccc32)CCN(Cc2ccccc2)CC1. The maximum Gasteiger partial charge on any atom is 0.408 e. The Morgan fingerprint density at radius 2 is 1.49 bits per heavy atom. The Morgan fingerprint density at radius 1 is 0.878 bits per heavy atom. The molecule has 0 atom stereocenters. The topological polar surface area (TPSA) is 117 Å². The van der Waals surface area contributed by atoms with Gasteiger partial charge in [-0.1, -0.05) is 78.9 Å². The van der Waals surface area contributed by atoms with Crippen LogP contribution in [0.3, 0.4) is 0 Å². The standard InChI is InChI=1S/C32H35N3O6/c36-29(37)22-40-19-16-33-30(38)32(14-17-35(18-15-32)20-23-8-2-1-3-9-23)34-31(39)41-21-28-26-12-6-4-10-24(26)25-11-5-7-13-27(25)28/h1-13,28H,14-22H2,(H,33,38)(H,34,39)(H,36,37). The molecule has 1 aliphatic carbocycles. The van der Waals surface area contributed by atoms with E-state index in [1.807, 2.05) is 42.5 Å². The number of aliphatic carboxylic acids is 1. The number of carbonyl (C=O) groups excluding carboxylic acids is 2. The van der Waals surface area contributed by atoms with Crippen molar-refractivity contribution in [3.05, 3.63) is 95.6 Å². The van der Waals surface area contributed by atoms with Crippen molar-refractivity contribution in [2.45, 2.75) is 30.8 Å². The Balaban J connectivity index is 1.23. The molecule has 9 heteroatoms. The number of carboxylic acids is 1. The van der Waals surface area contributed by atoms with Gasteiger partial charge in [0.05, 0.1) is 6.61 Å². The van der Waals surface area contributed by atoms with E-state index >= 15 is 0 Å². The van der Waals surface area contributed by atoms with Gasteiger partial charge in [-0.15, -0.1) is 0 Å². The summed E-state index contributed by atoms with van der Waals surface area (Å²) in [6.07, 6.45) is 0.179. The van der Waals surface area contributed by atoms with Gasteiger partial charge in [0.25, 0.3) is 0 Å². The maximum absolute atomic E-state index is 13.4. The molecule has 214 valence electrons. The minimum atomic E-state index is -1.15. The van der Waals surface area contributed by atoms with Gasteiger partial charge in [0.2, 0.25) is 5.91 Å². The van der Waals surface area contributed by atoms with Gasteiger partial charge >= 0.3 is 12.1 Å². The number of nitrogens with one attached hydrogen (secondary N) is 2. The molecule has 1 aliphatic heterocycles. The van der Waals surface area contributed by atoms with Crippen molar-refractivity contribution >= 4 is 18.0 Å². The highest BCUT2D eigenvalue weighted by Gasteiger charge is 2.43. The van der Waals surface area contributed by atoms with Crippen LogP contribution >= 0.6 is 0 Å². The first kappa shape index (κ1) is 28.3. The van der Waals surface area contributed by atoms with Crippen molar-refractivity contribution in [3.63, 3.8) is 0 Å². The average molecular weight is 558 g/mol. The van der Waals surface area contributed by atoms with E-state index < -0.39 is 24.2 Å². The van der Waals surface area contributed by atoms with Crippen LogP contribution in [0, 0.1) is 0 Å². The van der Waals surface area contributed by atoms with E-state index in [-0.39, 0.29) is 31.6 Å². The van der Waals surface area contributed by atoms with Crippen molar-refractivity contribution in [1.29, 1.82) is 0 Å². The summed E-state index contributed by atoms with van der Waals surface area (Å²) < 4.78 is 10.8. The second-order valence-electron chi connectivity index (χ2n) is 10.5. The third-order valence-electron chi connectivity index (χ3n) is 7.84. The van der Waals surface area contributed by atoms with Gasteiger partial charge in [-0.05, 0) is 40.7 Å². The number of fused-ring (bicyclic) bond motifs is 3. The lowest BCUT2D eigenvalue weighted by molar-refractivity contribution is -0.142. The summed E-state index contributed by atoms with van der Waals surface area (Å²) >= 11 is 0. The first-order valence-electron chi connectivity index (χ1n) is 13.9. The summed E-state index contributed by atoms with van der Waals surface area (Å²) in [5.41, 5.74) is 4.55. The number of rotatable bonds is 11. The normalized spacial score (nSPS) is 15.9. The molecule has 0 bridgehead atoms. The zero-order valence-corrected chi connectivity index (χ0v) is 22.9. The smallest absolute Gasteiger partial charge is 0.408 e.